The zero-order valence-electron chi connectivity index (χ0n) is 30.1. The topological polar surface area (TPSA) is 16.4 Å². The van der Waals surface area contributed by atoms with E-state index in [4.69, 9.17) is 4.42 Å². The van der Waals surface area contributed by atoms with Gasteiger partial charge in [-0.3, -0.25) is 0 Å². The van der Waals surface area contributed by atoms with Crippen molar-refractivity contribution in [2.75, 3.05) is 4.90 Å². The highest BCUT2D eigenvalue weighted by Crippen LogP contribution is 2.57. The highest BCUT2D eigenvalue weighted by atomic mass is 16.3. The molecule has 258 valence electrons. The van der Waals surface area contributed by atoms with Gasteiger partial charge in [0.1, 0.15) is 11.2 Å². The normalized spacial score (nSPS) is 12.9. The average molecular weight is 702 g/mol. The van der Waals surface area contributed by atoms with E-state index in [-0.39, 0.29) is 0 Å². The Labute approximate surface area is 320 Å². The lowest BCUT2D eigenvalue weighted by atomic mass is 9.67. The van der Waals surface area contributed by atoms with Crippen molar-refractivity contribution < 1.29 is 4.42 Å². The summed E-state index contributed by atoms with van der Waals surface area (Å²) >= 11 is 0. The highest BCUT2D eigenvalue weighted by Gasteiger charge is 2.46. The molecule has 55 heavy (non-hydrogen) atoms. The summed E-state index contributed by atoms with van der Waals surface area (Å²) in [4.78, 5) is 2.39. The van der Waals surface area contributed by atoms with Crippen molar-refractivity contribution in [3.05, 3.63) is 235 Å². The quantitative estimate of drug-likeness (QED) is 0.172. The molecule has 9 aromatic carbocycles. The first kappa shape index (κ1) is 31.4. The molecule has 10 aromatic rings. The molecule has 0 radical (unpaired) electrons. The van der Waals surface area contributed by atoms with E-state index in [1.807, 2.05) is 12.1 Å². The summed E-state index contributed by atoms with van der Waals surface area (Å²) in [5.74, 6) is 0. The fourth-order valence-corrected chi connectivity index (χ4v) is 9.16. The largest absolute Gasteiger partial charge is 0.456 e. The molecule has 0 spiro atoms. The lowest BCUT2D eigenvalue weighted by molar-refractivity contribution is 0.669. The third-order valence-electron chi connectivity index (χ3n) is 11.5. The van der Waals surface area contributed by atoms with Crippen LogP contribution in [0.1, 0.15) is 22.3 Å². The van der Waals surface area contributed by atoms with E-state index in [9.17, 15) is 0 Å². The number of furan rings is 1. The first-order valence-electron chi connectivity index (χ1n) is 18.9. The van der Waals surface area contributed by atoms with E-state index in [1.54, 1.807) is 0 Å². The van der Waals surface area contributed by atoms with Gasteiger partial charge in [0, 0.05) is 33.9 Å². The van der Waals surface area contributed by atoms with Crippen LogP contribution < -0.4 is 4.90 Å². The van der Waals surface area contributed by atoms with Gasteiger partial charge in [-0.2, -0.15) is 0 Å². The lowest BCUT2D eigenvalue weighted by Crippen LogP contribution is -2.28. The summed E-state index contributed by atoms with van der Waals surface area (Å²) in [6, 6.07) is 77.1. The fraction of sp³-hybridized carbons (Fsp3) is 0.0189. The second-order valence-electron chi connectivity index (χ2n) is 14.4. The van der Waals surface area contributed by atoms with Gasteiger partial charge in [0.15, 0.2) is 0 Å². The Bertz CT molecular complexity index is 3000. The Kier molecular flexibility index (Phi) is 7.11. The third-order valence-corrected chi connectivity index (χ3v) is 11.5. The summed E-state index contributed by atoms with van der Waals surface area (Å²) in [7, 11) is 0. The number of fused-ring (bicyclic) bond motifs is 7. The number of rotatable bonds is 6. The molecule has 0 saturated carbocycles. The molecule has 11 rings (SSSR count). The summed E-state index contributed by atoms with van der Waals surface area (Å²) in [6.07, 6.45) is 0. The van der Waals surface area contributed by atoms with E-state index in [2.05, 4.69) is 205 Å². The standard InChI is InChI=1S/C53H35NO/c1-3-18-38(19-4-1)53(39-20-5-2-6-21-39)49-27-11-9-24-45(49)46-31-29-41(34-50(46)53)54(42-30-32-48-47-25-10-12-28-51(47)55-52(48)35-42)40-22-13-17-37(33-40)44-26-14-16-36-15-7-8-23-43(36)44/h1-35H. The second kappa shape index (κ2) is 12.5. The van der Waals surface area contributed by atoms with E-state index in [1.165, 1.54) is 55.3 Å². The molecule has 0 amide bonds. The van der Waals surface area contributed by atoms with Gasteiger partial charge in [0.05, 0.1) is 5.41 Å². The van der Waals surface area contributed by atoms with Crippen LogP contribution in [0.15, 0.2) is 217 Å². The molecule has 2 heteroatoms. The number of anilines is 3. The molecule has 0 bridgehead atoms. The van der Waals surface area contributed by atoms with Crippen LogP contribution in [0, 0.1) is 0 Å². The first-order chi connectivity index (χ1) is 27.3. The van der Waals surface area contributed by atoms with Crippen molar-refractivity contribution in [2.45, 2.75) is 5.41 Å². The number of hydrogen-bond acceptors (Lipinski definition) is 2. The Morgan fingerprint density at radius 3 is 1.76 bits per heavy atom. The smallest absolute Gasteiger partial charge is 0.137 e. The number of para-hydroxylation sites is 1. The predicted molar refractivity (Wildman–Crippen MR) is 229 cm³/mol. The Morgan fingerprint density at radius 1 is 0.345 bits per heavy atom. The first-order valence-corrected chi connectivity index (χ1v) is 18.9. The molecule has 0 atom stereocenters. The Morgan fingerprint density at radius 2 is 0.927 bits per heavy atom. The van der Waals surface area contributed by atoms with Crippen molar-refractivity contribution in [3.8, 4) is 22.3 Å². The van der Waals surface area contributed by atoms with E-state index in [0.717, 1.165) is 39.0 Å². The Hall–Kier alpha value is -7.16. The summed E-state index contributed by atoms with van der Waals surface area (Å²) < 4.78 is 6.49. The molecule has 2 nitrogen and oxygen atoms in total. The minimum atomic E-state index is -0.510. The molecule has 0 unspecified atom stereocenters. The average Bonchev–Trinajstić information content (AvgIpc) is 3.77. The summed E-state index contributed by atoms with van der Waals surface area (Å²) in [6.45, 7) is 0. The van der Waals surface area contributed by atoms with Crippen molar-refractivity contribution in [1.82, 2.24) is 0 Å². The molecule has 0 aliphatic heterocycles. The van der Waals surface area contributed by atoms with Gasteiger partial charge < -0.3 is 9.32 Å². The highest BCUT2D eigenvalue weighted by molar-refractivity contribution is 6.06. The molecule has 0 N–H and O–H groups in total. The van der Waals surface area contributed by atoms with Crippen LogP contribution in [0.4, 0.5) is 17.1 Å². The van der Waals surface area contributed by atoms with Crippen LogP contribution in [0.5, 0.6) is 0 Å². The molecular formula is C53H35NO. The van der Waals surface area contributed by atoms with Gasteiger partial charge in [0.2, 0.25) is 0 Å². The van der Waals surface area contributed by atoms with Gasteiger partial charge in [-0.25, -0.2) is 0 Å². The van der Waals surface area contributed by atoms with Crippen LogP contribution >= 0.6 is 0 Å². The maximum Gasteiger partial charge on any atom is 0.137 e. The van der Waals surface area contributed by atoms with Gasteiger partial charge in [-0.1, -0.05) is 164 Å². The van der Waals surface area contributed by atoms with Crippen LogP contribution in [-0.2, 0) is 5.41 Å². The van der Waals surface area contributed by atoms with Gasteiger partial charge in [0.25, 0.3) is 0 Å². The minimum absolute atomic E-state index is 0.510. The van der Waals surface area contributed by atoms with Gasteiger partial charge in [-0.05, 0) is 97.7 Å². The monoisotopic (exact) mass is 701 g/mol. The van der Waals surface area contributed by atoms with Crippen molar-refractivity contribution in [1.29, 1.82) is 0 Å². The number of hydrogen-bond donors (Lipinski definition) is 0. The molecule has 1 aliphatic rings. The van der Waals surface area contributed by atoms with Crippen LogP contribution in [0.2, 0.25) is 0 Å². The SMILES string of the molecule is c1ccc(C2(c3ccccc3)c3ccccc3-c3ccc(N(c4cccc(-c5cccc6ccccc56)c4)c4ccc5c(c4)oc4ccccc45)cc32)cc1. The zero-order chi connectivity index (χ0) is 36.3. The zero-order valence-corrected chi connectivity index (χ0v) is 30.1. The third kappa shape index (κ3) is 4.82. The van der Waals surface area contributed by atoms with Crippen LogP contribution in [0.3, 0.4) is 0 Å². The lowest BCUT2D eigenvalue weighted by Gasteiger charge is -2.35. The number of nitrogens with zero attached hydrogens (tertiary/aromatic N) is 1. The maximum absolute atomic E-state index is 6.49. The minimum Gasteiger partial charge on any atom is -0.456 e. The second-order valence-corrected chi connectivity index (χ2v) is 14.4. The van der Waals surface area contributed by atoms with Crippen molar-refractivity contribution in [3.63, 3.8) is 0 Å². The molecular weight excluding hydrogens is 667 g/mol. The molecule has 1 heterocycles. The van der Waals surface area contributed by atoms with Gasteiger partial charge in [-0.15, -0.1) is 0 Å². The molecule has 1 aliphatic carbocycles. The predicted octanol–water partition coefficient (Wildman–Crippen LogP) is 14.2. The molecule has 0 saturated heterocycles. The van der Waals surface area contributed by atoms with Crippen molar-refractivity contribution in [2.24, 2.45) is 0 Å². The van der Waals surface area contributed by atoms with Crippen molar-refractivity contribution >= 4 is 49.8 Å². The summed E-state index contributed by atoms with van der Waals surface area (Å²) in [5.41, 5.74) is 14.4. The van der Waals surface area contributed by atoms with Crippen LogP contribution in [-0.4, -0.2) is 0 Å². The van der Waals surface area contributed by atoms with E-state index >= 15 is 0 Å². The van der Waals surface area contributed by atoms with E-state index in [0.29, 0.717) is 0 Å². The molecule has 0 fully saturated rings. The van der Waals surface area contributed by atoms with E-state index < -0.39 is 5.41 Å². The fourth-order valence-electron chi connectivity index (χ4n) is 9.16. The van der Waals surface area contributed by atoms with Crippen LogP contribution in [0.25, 0.3) is 55.0 Å². The summed E-state index contributed by atoms with van der Waals surface area (Å²) in [5, 5.41) is 4.71. The van der Waals surface area contributed by atoms with Gasteiger partial charge >= 0.3 is 0 Å². The Balaban J connectivity index is 1.18. The maximum atomic E-state index is 6.49. The number of benzene rings is 9. The molecule has 1 aromatic heterocycles.